The zero-order chi connectivity index (χ0) is 12.2. The fourth-order valence-electron chi connectivity index (χ4n) is 1.71. The van der Waals surface area contributed by atoms with E-state index in [0.717, 1.165) is 12.5 Å². The van der Waals surface area contributed by atoms with E-state index in [1.165, 1.54) is 14.2 Å². The molecule has 0 aromatic rings. The summed E-state index contributed by atoms with van der Waals surface area (Å²) in [7, 11) is 2.53. The van der Waals surface area contributed by atoms with E-state index in [-0.39, 0.29) is 5.57 Å². The Balaban J connectivity index is 3.00. The van der Waals surface area contributed by atoms with Gasteiger partial charge in [0.2, 0.25) is 0 Å². The van der Waals surface area contributed by atoms with Crippen LogP contribution >= 0.6 is 0 Å². The molecular formula is C11H16O5. The van der Waals surface area contributed by atoms with Crippen molar-refractivity contribution in [3.8, 4) is 0 Å². The molecule has 0 radical (unpaired) electrons. The summed E-state index contributed by atoms with van der Waals surface area (Å²) in [5.41, 5.74) is -0.541. The minimum atomic E-state index is -0.749. The van der Waals surface area contributed by atoms with Gasteiger partial charge in [-0.25, -0.2) is 9.59 Å². The zero-order valence-corrected chi connectivity index (χ0v) is 9.74. The molecule has 16 heavy (non-hydrogen) atoms. The lowest BCUT2D eigenvalue weighted by molar-refractivity contribution is -0.140. The van der Waals surface area contributed by atoms with E-state index in [9.17, 15) is 9.59 Å². The Kier molecular flexibility index (Phi) is 4.06. The number of carbonyl (C=O) groups excluding carboxylic acids is 2. The van der Waals surface area contributed by atoms with E-state index < -0.39 is 17.5 Å². The van der Waals surface area contributed by atoms with Gasteiger partial charge in [0.05, 0.1) is 25.4 Å². The van der Waals surface area contributed by atoms with Gasteiger partial charge in [0.15, 0.2) is 0 Å². The number of hydrogen-bond acceptors (Lipinski definition) is 5. The van der Waals surface area contributed by atoms with Crippen molar-refractivity contribution in [1.82, 2.24) is 0 Å². The van der Waals surface area contributed by atoms with Gasteiger partial charge >= 0.3 is 11.9 Å². The van der Waals surface area contributed by atoms with Crippen LogP contribution in [0.4, 0.5) is 0 Å². The predicted octanol–water partition coefficient (Wildman–Crippen LogP) is 0.828. The third kappa shape index (κ3) is 2.61. The molecule has 0 spiro atoms. The van der Waals surface area contributed by atoms with Gasteiger partial charge in [-0.3, -0.25) is 0 Å². The Bertz CT molecular complexity index is 312. The summed E-state index contributed by atoms with van der Waals surface area (Å²) in [6, 6.07) is 0. The molecule has 1 heterocycles. The topological polar surface area (TPSA) is 61.8 Å². The van der Waals surface area contributed by atoms with Crippen LogP contribution in [0.15, 0.2) is 11.6 Å². The molecule has 0 bridgehead atoms. The maximum absolute atomic E-state index is 11.6. The van der Waals surface area contributed by atoms with Crippen molar-refractivity contribution in [1.29, 1.82) is 0 Å². The molecule has 1 aliphatic rings. The van der Waals surface area contributed by atoms with Gasteiger partial charge in [-0.05, 0) is 19.8 Å². The molecule has 0 N–H and O–H groups in total. The maximum Gasteiger partial charge on any atom is 0.336 e. The van der Waals surface area contributed by atoms with Crippen LogP contribution in [0.3, 0.4) is 0 Å². The molecular weight excluding hydrogens is 212 g/mol. The van der Waals surface area contributed by atoms with E-state index in [1.807, 2.05) is 0 Å². The fourth-order valence-corrected chi connectivity index (χ4v) is 1.71. The second-order valence-corrected chi connectivity index (χ2v) is 3.76. The Hall–Kier alpha value is -1.36. The predicted molar refractivity (Wildman–Crippen MR) is 55.7 cm³/mol. The Morgan fingerprint density at radius 3 is 2.44 bits per heavy atom. The van der Waals surface area contributed by atoms with Gasteiger partial charge in [-0.2, -0.15) is 0 Å². The second kappa shape index (κ2) is 5.12. The van der Waals surface area contributed by atoms with Crippen LogP contribution in [0.5, 0.6) is 0 Å². The van der Waals surface area contributed by atoms with E-state index >= 15 is 0 Å². The molecule has 1 atom stereocenters. The second-order valence-electron chi connectivity index (χ2n) is 3.76. The van der Waals surface area contributed by atoms with Gasteiger partial charge in [-0.15, -0.1) is 0 Å². The Morgan fingerprint density at radius 1 is 1.31 bits per heavy atom. The van der Waals surface area contributed by atoms with Crippen molar-refractivity contribution in [3.05, 3.63) is 11.6 Å². The highest BCUT2D eigenvalue weighted by Gasteiger charge is 2.38. The molecule has 0 aromatic carbocycles. The number of ether oxygens (including phenoxy) is 3. The van der Waals surface area contributed by atoms with Gasteiger partial charge in [0.25, 0.3) is 0 Å². The zero-order valence-electron chi connectivity index (χ0n) is 9.74. The van der Waals surface area contributed by atoms with Crippen LogP contribution in [0.1, 0.15) is 19.8 Å². The largest absolute Gasteiger partial charge is 0.466 e. The average molecular weight is 228 g/mol. The molecule has 1 saturated heterocycles. The van der Waals surface area contributed by atoms with E-state index in [0.29, 0.717) is 13.0 Å². The molecule has 5 nitrogen and oxygen atoms in total. The highest BCUT2D eigenvalue weighted by molar-refractivity contribution is 5.98. The number of esters is 2. The molecule has 1 unspecified atom stereocenters. The van der Waals surface area contributed by atoms with Crippen molar-refractivity contribution < 1.29 is 23.8 Å². The van der Waals surface area contributed by atoms with Crippen LogP contribution in [0.2, 0.25) is 0 Å². The van der Waals surface area contributed by atoms with Crippen LogP contribution in [-0.2, 0) is 23.8 Å². The quantitative estimate of drug-likeness (QED) is 0.529. The first-order valence-corrected chi connectivity index (χ1v) is 5.06. The minimum Gasteiger partial charge on any atom is -0.466 e. The SMILES string of the molecule is COC(=O)/C=C(\C(=O)OC)C1(C)CCCO1. The molecule has 1 aliphatic heterocycles. The molecule has 0 amide bonds. The van der Waals surface area contributed by atoms with E-state index in [2.05, 4.69) is 9.47 Å². The van der Waals surface area contributed by atoms with Crippen LogP contribution in [-0.4, -0.2) is 38.4 Å². The standard InChI is InChI=1S/C11H16O5/c1-11(5-4-6-16-11)8(10(13)15-3)7-9(12)14-2/h7H,4-6H2,1-3H3/b8-7+. The van der Waals surface area contributed by atoms with Gasteiger partial charge in [0.1, 0.15) is 0 Å². The van der Waals surface area contributed by atoms with Crippen molar-refractivity contribution in [2.75, 3.05) is 20.8 Å². The summed E-state index contributed by atoms with van der Waals surface area (Å²) in [6.45, 7) is 2.34. The molecule has 5 heteroatoms. The third-order valence-electron chi connectivity index (χ3n) is 2.66. The Labute approximate surface area is 94.4 Å². The lowest BCUT2D eigenvalue weighted by Gasteiger charge is -2.24. The molecule has 1 rings (SSSR count). The summed E-state index contributed by atoms with van der Waals surface area (Å²) in [6.07, 6.45) is 2.67. The molecule has 0 aromatic heterocycles. The minimum absolute atomic E-state index is 0.208. The lowest BCUT2D eigenvalue weighted by Crippen LogP contribution is -2.32. The smallest absolute Gasteiger partial charge is 0.336 e. The van der Waals surface area contributed by atoms with Crippen LogP contribution in [0.25, 0.3) is 0 Å². The first kappa shape index (κ1) is 12.7. The summed E-state index contributed by atoms with van der Waals surface area (Å²) < 4.78 is 14.6. The number of methoxy groups -OCH3 is 2. The lowest BCUT2D eigenvalue weighted by atomic mass is 9.92. The molecule has 0 aliphatic carbocycles. The molecule has 90 valence electrons. The number of hydrogen-bond donors (Lipinski definition) is 0. The van der Waals surface area contributed by atoms with E-state index in [1.54, 1.807) is 6.92 Å². The van der Waals surface area contributed by atoms with E-state index in [4.69, 9.17) is 4.74 Å². The number of rotatable bonds is 3. The number of carbonyl (C=O) groups is 2. The Morgan fingerprint density at radius 2 is 2.00 bits per heavy atom. The first-order chi connectivity index (χ1) is 7.53. The van der Waals surface area contributed by atoms with Gasteiger partial charge in [0, 0.05) is 12.7 Å². The van der Waals surface area contributed by atoms with Crippen molar-refractivity contribution in [2.45, 2.75) is 25.4 Å². The highest BCUT2D eigenvalue weighted by atomic mass is 16.5. The van der Waals surface area contributed by atoms with Crippen molar-refractivity contribution >= 4 is 11.9 Å². The molecule has 0 saturated carbocycles. The van der Waals surface area contributed by atoms with Gasteiger partial charge < -0.3 is 14.2 Å². The summed E-state index contributed by atoms with van der Waals surface area (Å²) >= 11 is 0. The first-order valence-electron chi connectivity index (χ1n) is 5.06. The monoisotopic (exact) mass is 228 g/mol. The third-order valence-corrected chi connectivity index (χ3v) is 2.66. The average Bonchev–Trinajstić information content (AvgIpc) is 2.72. The summed E-state index contributed by atoms with van der Waals surface area (Å²) in [5.74, 6) is -1.15. The molecule has 1 fully saturated rings. The normalized spacial score (nSPS) is 25.3. The van der Waals surface area contributed by atoms with Gasteiger partial charge in [-0.1, -0.05) is 0 Å². The summed E-state index contributed by atoms with van der Waals surface area (Å²) in [4.78, 5) is 22.8. The fraction of sp³-hybridized carbons (Fsp3) is 0.636. The van der Waals surface area contributed by atoms with Crippen molar-refractivity contribution in [3.63, 3.8) is 0 Å². The van der Waals surface area contributed by atoms with Crippen molar-refractivity contribution in [2.24, 2.45) is 0 Å². The highest BCUT2D eigenvalue weighted by Crippen LogP contribution is 2.33. The maximum atomic E-state index is 11.6. The summed E-state index contributed by atoms with van der Waals surface area (Å²) in [5, 5.41) is 0. The van der Waals surface area contributed by atoms with Crippen LogP contribution < -0.4 is 0 Å². The van der Waals surface area contributed by atoms with Crippen LogP contribution in [0, 0.1) is 0 Å².